The fraction of sp³-hybridized carbons (Fsp3) is 0.400. The van der Waals surface area contributed by atoms with E-state index in [1.165, 1.54) is 0 Å². The van der Waals surface area contributed by atoms with Crippen molar-refractivity contribution in [2.45, 2.75) is 38.8 Å². The lowest BCUT2D eigenvalue weighted by atomic mass is 10.1. The second-order valence-corrected chi connectivity index (χ2v) is 5.64. The van der Waals surface area contributed by atoms with Crippen LogP contribution in [0, 0.1) is 0 Å². The molecule has 102 valence electrons. The van der Waals surface area contributed by atoms with Crippen LogP contribution in [0.25, 0.3) is 0 Å². The fourth-order valence-electron chi connectivity index (χ4n) is 1.97. The molecule has 0 aliphatic heterocycles. The molecular formula is C15H19BrN2O. The van der Waals surface area contributed by atoms with E-state index in [1.807, 2.05) is 41.2 Å². The monoisotopic (exact) mass is 322 g/mol. The van der Waals surface area contributed by atoms with Crippen LogP contribution in [0.2, 0.25) is 0 Å². The van der Waals surface area contributed by atoms with Gasteiger partial charge in [0.15, 0.2) is 0 Å². The number of nitrogens with zero attached hydrogens (tertiary/aromatic N) is 2. The van der Waals surface area contributed by atoms with E-state index < -0.39 is 6.10 Å². The standard InChI is InChI=1S/C15H19BrN2O/c1-3-11(2)18-9-8-12(17-18)10-15(19)13-6-4-5-7-14(13)16/h4-9,11,15,19H,3,10H2,1-2H3. The van der Waals surface area contributed by atoms with Gasteiger partial charge in [0.2, 0.25) is 0 Å². The Hall–Kier alpha value is -1.13. The molecule has 0 radical (unpaired) electrons. The molecule has 0 saturated carbocycles. The number of aliphatic hydroxyl groups excluding tert-OH is 1. The predicted octanol–water partition coefficient (Wildman–Crippen LogP) is 3.89. The molecule has 4 heteroatoms. The van der Waals surface area contributed by atoms with Crippen LogP contribution >= 0.6 is 15.9 Å². The zero-order valence-electron chi connectivity index (χ0n) is 11.3. The van der Waals surface area contributed by atoms with Gasteiger partial charge in [-0.25, -0.2) is 0 Å². The van der Waals surface area contributed by atoms with E-state index in [9.17, 15) is 5.11 Å². The van der Waals surface area contributed by atoms with Crippen molar-refractivity contribution in [2.24, 2.45) is 0 Å². The van der Waals surface area contributed by atoms with Crippen LogP contribution < -0.4 is 0 Å². The molecule has 1 aromatic carbocycles. The van der Waals surface area contributed by atoms with Crippen LogP contribution in [0.3, 0.4) is 0 Å². The third-order valence-electron chi connectivity index (χ3n) is 3.37. The van der Waals surface area contributed by atoms with Gasteiger partial charge < -0.3 is 5.11 Å². The molecule has 0 saturated heterocycles. The van der Waals surface area contributed by atoms with Gasteiger partial charge in [-0.1, -0.05) is 41.1 Å². The molecule has 0 bridgehead atoms. The van der Waals surface area contributed by atoms with Crippen molar-refractivity contribution in [2.75, 3.05) is 0 Å². The number of hydrogen-bond acceptors (Lipinski definition) is 2. The van der Waals surface area contributed by atoms with Crippen LogP contribution in [0.15, 0.2) is 41.0 Å². The molecule has 2 aromatic rings. The summed E-state index contributed by atoms with van der Waals surface area (Å²) in [5.74, 6) is 0. The number of aromatic nitrogens is 2. The number of hydrogen-bond donors (Lipinski definition) is 1. The molecule has 2 rings (SSSR count). The fourth-order valence-corrected chi connectivity index (χ4v) is 2.52. The van der Waals surface area contributed by atoms with Crippen molar-refractivity contribution in [3.05, 3.63) is 52.3 Å². The third kappa shape index (κ3) is 3.45. The molecule has 0 fully saturated rings. The van der Waals surface area contributed by atoms with Gasteiger partial charge in [-0.15, -0.1) is 0 Å². The molecule has 0 aliphatic rings. The molecule has 2 unspecified atom stereocenters. The van der Waals surface area contributed by atoms with Crippen LogP contribution in [0.5, 0.6) is 0 Å². The van der Waals surface area contributed by atoms with Crippen molar-refractivity contribution in [3.8, 4) is 0 Å². The Morgan fingerprint density at radius 1 is 1.32 bits per heavy atom. The van der Waals surface area contributed by atoms with Gasteiger partial charge in [-0.05, 0) is 31.0 Å². The maximum absolute atomic E-state index is 10.3. The van der Waals surface area contributed by atoms with Crippen LogP contribution in [-0.2, 0) is 6.42 Å². The van der Waals surface area contributed by atoms with E-state index >= 15 is 0 Å². The minimum atomic E-state index is -0.532. The van der Waals surface area contributed by atoms with Gasteiger partial charge in [0.05, 0.1) is 11.8 Å². The predicted molar refractivity (Wildman–Crippen MR) is 80.0 cm³/mol. The number of halogens is 1. The molecule has 1 heterocycles. The summed E-state index contributed by atoms with van der Waals surface area (Å²) in [6, 6.07) is 10.1. The zero-order chi connectivity index (χ0) is 13.8. The van der Waals surface area contributed by atoms with Crippen molar-refractivity contribution in [1.82, 2.24) is 9.78 Å². The summed E-state index contributed by atoms with van der Waals surface area (Å²) in [4.78, 5) is 0. The third-order valence-corrected chi connectivity index (χ3v) is 4.09. The number of benzene rings is 1. The highest BCUT2D eigenvalue weighted by Gasteiger charge is 2.13. The summed E-state index contributed by atoms with van der Waals surface area (Å²) in [5, 5.41) is 14.8. The molecule has 19 heavy (non-hydrogen) atoms. The van der Waals surface area contributed by atoms with Crippen molar-refractivity contribution >= 4 is 15.9 Å². The molecule has 0 aliphatic carbocycles. The van der Waals surface area contributed by atoms with Gasteiger partial charge in [0.25, 0.3) is 0 Å². The lowest BCUT2D eigenvalue weighted by molar-refractivity contribution is 0.176. The van der Waals surface area contributed by atoms with Gasteiger partial charge in [0, 0.05) is 23.1 Å². The Bertz CT molecular complexity index is 538. The van der Waals surface area contributed by atoms with Crippen molar-refractivity contribution in [3.63, 3.8) is 0 Å². The van der Waals surface area contributed by atoms with Crippen LogP contribution in [-0.4, -0.2) is 14.9 Å². The molecule has 0 amide bonds. The minimum absolute atomic E-state index is 0.398. The first-order valence-electron chi connectivity index (χ1n) is 6.58. The van der Waals surface area contributed by atoms with Crippen LogP contribution in [0.1, 0.15) is 43.7 Å². The van der Waals surface area contributed by atoms with E-state index in [2.05, 4.69) is 34.9 Å². The highest BCUT2D eigenvalue weighted by molar-refractivity contribution is 9.10. The SMILES string of the molecule is CCC(C)n1ccc(CC(O)c2ccccc2Br)n1. The second-order valence-electron chi connectivity index (χ2n) is 4.79. The highest BCUT2D eigenvalue weighted by Crippen LogP contribution is 2.25. The average molecular weight is 323 g/mol. The molecule has 0 spiro atoms. The number of aliphatic hydroxyl groups is 1. The Morgan fingerprint density at radius 3 is 2.74 bits per heavy atom. The normalized spacial score (nSPS) is 14.3. The Labute approximate surface area is 122 Å². The van der Waals surface area contributed by atoms with Gasteiger partial charge in [0.1, 0.15) is 0 Å². The molecule has 1 N–H and O–H groups in total. The van der Waals surface area contributed by atoms with E-state index in [4.69, 9.17) is 0 Å². The van der Waals surface area contributed by atoms with Crippen molar-refractivity contribution in [1.29, 1.82) is 0 Å². The largest absolute Gasteiger partial charge is 0.388 e. The summed E-state index contributed by atoms with van der Waals surface area (Å²) in [5.41, 5.74) is 1.82. The summed E-state index contributed by atoms with van der Waals surface area (Å²) in [6.45, 7) is 4.28. The van der Waals surface area contributed by atoms with Gasteiger partial charge in [-0.3, -0.25) is 4.68 Å². The first kappa shape index (κ1) is 14.3. The summed E-state index contributed by atoms with van der Waals surface area (Å²) >= 11 is 3.46. The minimum Gasteiger partial charge on any atom is -0.388 e. The molecule has 1 aromatic heterocycles. The quantitative estimate of drug-likeness (QED) is 0.906. The maximum atomic E-state index is 10.3. The summed E-state index contributed by atoms with van der Waals surface area (Å²) in [6.07, 6.45) is 3.03. The number of rotatable bonds is 5. The van der Waals surface area contributed by atoms with E-state index in [0.717, 1.165) is 22.2 Å². The lowest BCUT2D eigenvalue weighted by Crippen LogP contribution is -2.07. The topological polar surface area (TPSA) is 38.0 Å². The van der Waals surface area contributed by atoms with E-state index in [1.54, 1.807) is 0 Å². The zero-order valence-corrected chi connectivity index (χ0v) is 12.8. The first-order valence-corrected chi connectivity index (χ1v) is 7.37. The average Bonchev–Trinajstić information content (AvgIpc) is 2.86. The van der Waals surface area contributed by atoms with Gasteiger partial charge in [-0.2, -0.15) is 5.10 Å². The van der Waals surface area contributed by atoms with E-state index in [-0.39, 0.29) is 0 Å². The lowest BCUT2D eigenvalue weighted by Gasteiger charge is -2.12. The maximum Gasteiger partial charge on any atom is 0.0857 e. The van der Waals surface area contributed by atoms with Crippen LogP contribution in [0.4, 0.5) is 0 Å². The Morgan fingerprint density at radius 2 is 2.05 bits per heavy atom. The van der Waals surface area contributed by atoms with Gasteiger partial charge >= 0.3 is 0 Å². The smallest absolute Gasteiger partial charge is 0.0857 e. The Balaban J connectivity index is 2.09. The first-order chi connectivity index (χ1) is 9.11. The molecular weight excluding hydrogens is 304 g/mol. The Kier molecular flexibility index (Phi) is 4.77. The molecule has 2 atom stereocenters. The molecule has 3 nitrogen and oxygen atoms in total. The van der Waals surface area contributed by atoms with E-state index in [0.29, 0.717) is 12.5 Å². The second kappa shape index (κ2) is 6.35. The van der Waals surface area contributed by atoms with Crippen molar-refractivity contribution < 1.29 is 5.11 Å². The summed E-state index contributed by atoms with van der Waals surface area (Å²) in [7, 11) is 0. The highest BCUT2D eigenvalue weighted by atomic mass is 79.9. The summed E-state index contributed by atoms with van der Waals surface area (Å²) < 4.78 is 2.89.